The van der Waals surface area contributed by atoms with Gasteiger partial charge in [0.05, 0.1) is 4.75 Å². The Morgan fingerprint density at radius 2 is 0.960 bits per heavy atom. The second-order valence-electron chi connectivity index (χ2n) is 4.99. The molecule has 0 aliphatic carbocycles. The van der Waals surface area contributed by atoms with Crippen LogP contribution in [0.1, 0.15) is 30.5 Å². The van der Waals surface area contributed by atoms with Crippen molar-refractivity contribution in [1.29, 1.82) is 0 Å². The van der Waals surface area contributed by atoms with Gasteiger partial charge in [-0.3, -0.25) is 0 Å². The molecule has 0 atom stereocenters. The first-order valence-electron chi connectivity index (χ1n) is 8.42. The number of benzene rings is 3. The summed E-state index contributed by atoms with van der Waals surface area (Å²) in [6, 6.07) is 27.6. The molecule has 132 valence electrons. The summed E-state index contributed by atoms with van der Waals surface area (Å²) in [5.41, 5.74) is 7.73. The van der Waals surface area contributed by atoms with Crippen LogP contribution in [0.2, 0.25) is 0 Å². The van der Waals surface area contributed by atoms with Gasteiger partial charge in [-0.25, -0.2) is 0 Å². The first-order chi connectivity index (χ1) is 12.2. The monoisotopic (exact) mass is 353 g/mol. The summed E-state index contributed by atoms with van der Waals surface area (Å²) < 4.78 is -0.545. The molecule has 3 rings (SSSR count). The average Bonchev–Trinajstić information content (AvgIpc) is 2.72. The lowest BCUT2D eigenvalue weighted by molar-refractivity contribution is 0.475. The van der Waals surface area contributed by atoms with Gasteiger partial charge in [0, 0.05) is 0 Å². The second kappa shape index (κ2) is 10.6. The van der Waals surface area contributed by atoms with E-state index in [0.717, 1.165) is 16.7 Å². The Bertz CT molecular complexity index is 673. The van der Waals surface area contributed by atoms with Gasteiger partial charge in [-0.2, -0.15) is 12.6 Å². The summed E-state index contributed by atoms with van der Waals surface area (Å²) in [5.74, 6) is 0.260. The van der Waals surface area contributed by atoms with Crippen LogP contribution in [-0.2, 0) is 4.75 Å². The largest absolute Gasteiger partial charge is 0.508 e. The van der Waals surface area contributed by atoms with Crippen molar-refractivity contribution in [2.24, 2.45) is 5.73 Å². The van der Waals surface area contributed by atoms with E-state index in [-0.39, 0.29) is 5.75 Å². The second-order valence-corrected chi connectivity index (χ2v) is 5.66. The molecular weight excluding hydrogens is 326 g/mol. The van der Waals surface area contributed by atoms with E-state index in [1.54, 1.807) is 12.1 Å². The minimum atomic E-state index is -0.545. The van der Waals surface area contributed by atoms with Crippen molar-refractivity contribution in [3.05, 3.63) is 102 Å². The number of thiol groups is 1. The number of phenolic OH excluding ortho intramolecular Hbond substituents is 1. The number of phenols is 1. The average molecular weight is 354 g/mol. The van der Waals surface area contributed by atoms with Crippen molar-refractivity contribution in [2.75, 3.05) is 7.05 Å². The molecule has 0 aromatic heterocycles. The molecule has 3 aromatic rings. The molecule has 0 radical (unpaired) electrons. The van der Waals surface area contributed by atoms with Crippen LogP contribution in [0.4, 0.5) is 0 Å². The van der Waals surface area contributed by atoms with Crippen molar-refractivity contribution < 1.29 is 5.11 Å². The highest BCUT2D eigenvalue weighted by atomic mass is 32.1. The fourth-order valence-corrected chi connectivity index (χ4v) is 3.01. The van der Waals surface area contributed by atoms with Crippen LogP contribution in [0.25, 0.3) is 0 Å². The van der Waals surface area contributed by atoms with E-state index in [0.29, 0.717) is 0 Å². The van der Waals surface area contributed by atoms with Crippen molar-refractivity contribution in [2.45, 2.75) is 18.6 Å². The quantitative estimate of drug-likeness (QED) is 0.447. The highest BCUT2D eigenvalue weighted by Gasteiger charge is 2.31. The zero-order valence-electron chi connectivity index (χ0n) is 15.1. The van der Waals surface area contributed by atoms with E-state index in [9.17, 15) is 5.11 Å². The third kappa shape index (κ3) is 4.88. The molecule has 0 saturated carbocycles. The molecule has 3 aromatic carbocycles. The van der Waals surface area contributed by atoms with Crippen LogP contribution in [-0.4, -0.2) is 12.2 Å². The highest BCUT2D eigenvalue weighted by Crippen LogP contribution is 2.42. The Balaban J connectivity index is 0.000000730. The molecule has 0 aliphatic heterocycles. The molecular formula is C22H27NOS. The summed E-state index contributed by atoms with van der Waals surface area (Å²) >= 11 is 5.04. The van der Waals surface area contributed by atoms with Gasteiger partial charge in [0.25, 0.3) is 0 Å². The third-order valence-corrected chi connectivity index (χ3v) is 4.44. The molecule has 0 spiro atoms. The molecule has 3 heteroatoms. The predicted octanol–water partition coefficient (Wildman–Crippen LogP) is 5.22. The number of hydrogen-bond donors (Lipinski definition) is 3. The Morgan fingerprint density at radius 3 is 1.32 bits per heavy atom. The number of nitrogens with two attached hydrogens (primary N) is 1. The van der Waals surface area contributed by atoms with Gasteiger partial charge in [0.1, 0.15) is 5.75 Å². The summed E-state index contributed by atoms with van der Waals surface area (Å²) in [4.78, 5) is 0. The molecule has 0 aliphatic rings. The van der Waals surface area contributed by atoms with Gasteiger partial charge >= 0.3 is 0 Å². The van der Waals surface area contributed by atoms with Crippen molar-refractivity contribution in [1.82, 2.24) is 0 Å². The topological polar surface area (TPSA) is 46.2 Å². The van der Waals surface area contributed by atoms with Crippen LogP contribution >= 0.6 is 12.6 Å². The Hall–Kier alpha value is -2.23. The number of hydrogen-bond acceptors (Lipinski definition) is 3. The van der Waals surface area contributed by atoms with Crippen LogP contribution < -0.4 is 5.73 Å². The molecule has 2 nitrogen and oxygen atoms in total. The van der Waals surface area contributed by atoms with Crippen LogP contribution in [0.3, 0.4) is 0 Å². The Kier molecular flexibility index (Phi) is 8.82. The van der Waals surface area contributed by atoms with Gasteiger partial charge in [0.15, 0.2) is 0 Å². The standard InChI is InChI=1S/C19H16OS.C2H6.CH5N/c20-18-13-11-17(12-14-18)19(21,15-7-3-1-4-8-15)16-9-5-2-6-10-16;2*1-2/h1-14,20-21H;1-2H3;2H2,1H3. The molecule has 0 amide bonds. The SMILES string of the molecule is CC.CN.Oc1ccc(C(S)(c2ccccc2)c2ccccc2)cc1. The molecule has 0 heterocycles. The van der Waals surface area contributed by atoms with Crippen molar-refractivity contribution in [3.8, 4) is 5.75 Å². The maximum Gasteiger partial charge on any atom is 0.115 e. The molecule has 0 bridgehead atoms. The molecule has 0 saturated heterocycles. The molecule has 25 heavy (non-hydrogen) atoms. The van der Waals surface area contributed by atoms with Gasteiger partial charge in [-0.15, -0.1) is 0 Å². The fourth-order valence-electron chi connectivity index (χ4n) is 2.56. The molecule has 0 unspecified atom stereocenters. The number of rotatable bonds is 3. The lowest BCUT2D eigenvalue weighted by Crippen LogP contribution is -2.22. The zero-order valence-corrected chi connectivity index (χ0v) is 15.9. The summed E-state index contributed by atoms with van der Waals surface area (Å²) in [6.07, 6.45) is 0. The minimum absolute atomic E-state index is 0.260. The lowest BCUT2D eigenvalue weighted by Gasteiger charge is -2.30. The van der Waals surface area contributed by atoms with Gasteiger partial charge < -0.3 is 10.8 Å². The zero-order chi connectivity index (χ0) is 18.7. The number of aromatic hydroxyl groups is 1. The summed E-state index contributed by atoms with van der Waals surface area (Å²) in [5, 5.41) is 9.54. The van der Waals surface area contributed by atoms with Crippen molar-refractivity contribution >= 4 is 12.6 Å². The summed E-state index contributed by atoms with van der Waals surface area (Å²) in [6.45, 7) is 4.00. The van der Waals surface area contributed by atoms with Crippen molar-refractivity contribution in [3.63, 3.8) is 0 Å². The maximum atomic E-state index is 9.54. The minimum Gasteiger partial charge on any atom is -0.508 e. The van der Waals surface area contributed by atoms with Gasteiger partial charge in [-0.1, -0.05) is 86.6 Å². The third-order valence-electron chi connectivity index (χ3n) is 3.67. The smallest absolute Gasteiger partial charge is 0.115 e. The lowest BCUT2D eigenvalue weighted by atomic mass is 9.84. The normalized spacial score (nSPS) is 9.96. The fraction of sp³-hybridized carbons (Fsp3) is 0.182. The maximum absolute atomic E-state index is 9.54. The van der Waals surface area contributed by atoms with Crippen LogP contribution in [0, 0.1) is 0 Å². The molecule has 0 fully saturated rings. The van der Waals surface area contributed by atoms with Gasteiger partial charge in [-0.05, 0) is 35.9 Å². The molecule has 3 N–H and O–H groups in total. The van der Waals surface area contributed by atoms with E-state index in [1.807, 2.05) is 62.4 Å². The highest BCUT2D eigenvalue weighted by molar-refractivity contribution is 7.81. The first kappa shape index (κ1) is 20.8. The van der Waals surface area contributed by atoms with E-state index >= 15 is 0 Å². The first-order valence-corrected chi connectivity index (χ1v) is 8.86. The summed E-state index contributed by atoms with van der Waals surface area (Å²) in [7, 11) is 1.50. The van der Waals surface area contributed by atoms with E-state index in [4.69, 9.17) is 12.6 Å². The van der Waals surface area contributed by atoms with Crippen LogP contribution in [0.5, 0.6) is 5.75 Å². The van der Waals surface area contributed by atoms with E-state index in [2.05, 4.69) is 30.0 Å². The Labute approximate surface area is 156 Å². The van der Waals surface area contributed by atoms with Gasteiger partial charge in [0.2, 0.25) is 0 Å². The predicted molar refractivity (Wildman–Crippen MR) is 111 cm³/mol. The van der Waals surface area contributed by atoms with E-state index < -0.39 is 4.75 Å². The van der Waals surface area contributed by atoms with E-state index in [1.165, 1.54) is 7.05 Å². The Morgan fingerprint density at radius 1 is 0.640 bits per heavy atom. The van der Waals surface area contributed by atoms with Crippen LogP contribution in [0.15, 0.2) is 84.9 Å².